The monoisotopic (exact) mass is 375 g/mol. The Balaban J connectivity index is 2.11. The quantitative estimate of drug-likeness (QED) is 0.366. The van der Waals surface area contributed by atoms with Crippen molar-refractivity contribution < 1.29 is 24.7 Å². The maximum Gasteiger partial charge on any atom is 0.475 e. The first kappa shape index (κ1) is 21.0. The molecular weight excluding hydrogens is 349 g/mol. The van der Waals surface area contributed by atoms with E-state index < -0.39 is 37.0 Å². The minimum Gasteiger partial charge on any atom is -0.426 e. The summed E-state index contributed by atoms with van der Waals surface area (Å²) in [6.07, 6.45) is -0.833. The number of aromatic nitrogens is 1. The van der Waals surface area contributed by atoms with Gasteiger partial charge in [0.05, 0.1) is 12.0 Å². The first-order valence-corrected chi connectivity index (χ1v) is 8.92. The first-order chi connectivity index (χ1) is 12.7. The fraction of sp³-hybridized carbons (Fsp3) is 0.444. The number of hydrogen-bond acceptors (Lipinski definition) is 5. The zero-order valence-corrected chi connectivity index (χ0v) is 15.6. The van der Waals surface area contributed by atoms with Gasteiger partial charge >= 0.3 is 7.12 Å². The molecular formula is C18H26BN3O5. The van der Waals surface area contributed by atoms with E-state index in [1.165, 1.54) is 6.92 Å². The summed E-state index contributed by atoms with van der Waals surface area (Å²) in [7, 11) is -1.74. The maximum absolute atomic E-state index is 12.5. The largest absolute Gasteiger partial charge is 0.475 e. The van der Waals surface area contributed by atoms with Crippen LogP contribution < -0.4 is 10.6 Å². The predicted molar refractivity (Wildman–Crippen MR) is 103 cm³/mol. The number of H-pyrrole nitrogens is 1. The van der Waals surface area contributed by atoms with Crippen LogP contribution >= 0.6 is 0 Å². The summed E-state index contributed by atoms with van der Waals surface area (Å²) in [4.78, 5) is 28.0. The molecule has 0 aliphatic rings. The Hall–Kier alpha value is -2.36. The lowest BCUT2D eigenvalue weighted by Crippen LogP contribution is -2.57. The third-order valence-corrected chi connectivity index (χ3v) is 4.24. The summed E-state index contributed by atoms with van der Waals surface area (Å²) >= 11 is 0. The number of nitrogens with one attached hydrogen (secondary N) is 3. The molecule has 27 heavy (non-hydrogen) atoms. The molecule has 0 unspecified atom stereocenters. The molecule has 0 saturated carbocycles. The molecule has 2 aromatic rings. The van der Waals surface area contributed by atoms with Crippen molar-refractivity contribution in [2.75, 3.05) is 0 Å². The smallest absolute Gasteiger partial charge is 0.426 e. The Morgan fingerprint density at radius 2 is 1.81 bits per heavy atom. The Kier molecular flexibility index (Phi) is 7.01. The number of fused-ring (bicyclic) bond motifs is 1. The molecule has 2 rings (SSSR count). The normalized spacial score (nSPS) is 14.6. The molecule has 0 spiro atoms. The van der Waals surface area contributed by atoms with Gasteiger partial charge in [0.2, 0.25) is 5.91 Å². The molecule has 8 nitrogen and oxygen atoms in total. The van der Waals surface area contributed by atoms with E-state index in [4.69, 9.17) is 0 Å². The third kappa shape index (κ3) is 5.56. The van der Waals surface area contributed by atoms with Crippen molar-refractivity contribution in [1.29, 1.82) is 0 Å². The van der Waals surface area contributed by atoms with E-state index in [1.807, 2.05) is 38.1 Å². The van der Waals surface area contributed by atoms with E-state index >= 15 is 0 Å². The van der Waals surface area contributed by atoms with Crippen LogP contribution in [0.2, 0.25) is 0 Å². The van der Waals surface area contributed by atoms with Gasteiger partial charge in [-0.05, 0) is 31.4 Å². The van der Waals surface area contributed by atoms with Gasteiger partial charge in [0.25, 0.3) is 5.91 Å². The van der Waals surface area contributed by atoms with Crippen LogP contribution in [0.25, 0.3) is 10.9 Å². The van der Waals surface area contributed by atoms with Gasteiger partial charge in [-0.3, -0.25) is 9.59 Å². The van der Waals surface area contributed by atoms with Crippen molar-refractivity contribution in [2.45, 2.75) is 45.3 Å². The number of carbonyl (C=O) groups excluding carboxylic acids is 2. The van der Waals surface area contributed by atoms with Crippen LogP contribution in [0.5, 0.6) is 0 Å². The fourth-order valence-electron chi connectivity index (χ4n) is 2.86. The number of carbonyl (C=O) groups is 2. The van der Waals surface area contributed by atoms with Crippen LogP contribution in [0.3, 0.4) is 0 Å². The SMILES string of the molecule is CC(C)C[C@H](NC(=O)[C@@H](NC(=O)c1cc2ccccc2[nH]1)[C@@H](C)O)B(O)O. The van der Waals surface area contributed by atoms with Gasteiger partial charge in [-0.2, -0.15) is 0 Å². The Morgan fingerprint density at radius 3 is 2.37 bits per heavy atom. The summed E-state index contributed by atoms with van der Waals surface area (Å²) in [6, 6.07) is 7.77. The average molecular weight is 375 g/mol. The Labute approximate surface area is 158 Å². The van der Waals surface area contributed by atoms with Crippen LogP contribution in [0.4, 0.5) is 0 Å². The number of para-hydroxylation sites is 1. The van der Waals surface area contributed by atoms with E-state index in [0.29, 0.717) is 6.42 Å². The number of rotatable bonds is 8. The van der Waals surface area contributed by atoms with Crippen molar-refractivity contribution in [3.05, 3.63) is 36.0 Å². The lowest BCUT2D eigenvalue weighted by Gasteiger charge is -2.25. The van der Waals surface area contributed by atoms with Gasteiger partial charge in [-0.15, -0.1) is 0 Å². The lowest BCUT2D eigenvalue weighted by atomic mass is 9.75. The Morgan fingerprint density at radius 1 is 1.15 bits per heavy atom. The van der Waals surface area contributed by atoms with E-state index in [1.54, 1.807) is 6.07 Å². The van der Waals surface area contributed by atoms with Gasteiger partial charge in [0, 0.05) is 10.9 Å². The highest BCUT2D eigenvalue weighted by Crippen LogP contribution is 2.15. The summed E-state index contributed by atoms with van der Waals surface area (Å²) < 4.78 is 0. The molecule has 0 radical (unpaired) electrons. The first-order valence-electron chi connectivity index (χ1n) is 8.92. The molecule has 3 atom stereocenters. The zero-order chi connectivity index (χ0) is 20.1. The van der Waals surface area contributed by atoms with Crippen LogP contribution in [0.15, 0.2) is 30.3 Å². The zero-order valence-electron chi connectivity index (χ0n) is 15.6. The van der Waals surface area contributed by atoms with E-state index in [2.05, 4.69) is 15.6 Å². The standard InChI is InChI=1S/C18H26BN3O5/c1-10(2)8-15(19(26)27)21-18(25)16(11(3)23)22-17(24)14-9-12-6-4-5-7-13(12)20-14/h4-7,9-11,15-16,20,23,26-27H,8H2,1-3H3,(H,21,25)(H,22,24)/t11-,15+,16+/m1/s1. The molecule has 0 aliphatic carbocycles. The summed E-state index contributed by atoms with van der Waals surface area (Å²) in [5.41, 5.74) is 1.04. The van der Waals surface area contributed by atoms with E-state index in [0.717, 1.165) is 10.9 Å². The highest BCUT2D eigenvalue weighted by Gasteiger charge is 2.32. The van der Waals surface area contributed by atoms with Crippen LogP contribution in [0.1, 0.15) is 37.7 Å². The average Bonchev–Trinajstić information content (AvgIpc) is 3.02. The third-order valence-electron chi connectivity index (χ3n) is 4.24. The molecule has 6 N–H and O–H groups in total. The van der Waals surface area contributed by atoms with E-state index in [-0.39, 0.29) is 11.6 Å². The van der Waals surface area contributed by atoms with Gasteiger partial charge in [-0.1, -0.05) is 32.0 Å². The molecule has 1 aromatic carbocycles. The molecule has 2 amide bonds. The fourth-order valence-corrected chi connectivity index (χ4v) is 2.86. The molecule has 1 heterocycles. The van der Waals surface area contributed by atoms with Crippen molar-refractivity contribution in [1.82, 2.24) is 15.6 Å². The van der Waals surface area contributed by atoms with Crippen molar-refractivity contribution in [2.24, 2.45) is 5.92 Å². The molecule has 0 bridgehead atoms. The molecule has 0 fully saturated rings. The maximum atomic E-state index is 12.5. The number of benzene rings is 1. The number of aliphatic hydroxyl groups excluding tert-OH is 1. The summed E-state index contributed by atoms with van der Waals surface area (Å²) in [6.45, 7) is 5.14. The summed E-state index contributed by atoms with van der Waals surface area (Å²) in [5.74, 6) is -2.02. The molecule has 0 saturated heterocycles. The minimum absolute atomic E-state index is 0.114. The van der Waals surface area contributed by atoms with Crippen LogP contribution in [-0.4, -0.2) is 57.2 Å². The minimum atomic E-state index is -1.74. The number of aromatic amines is 1. The summed E-state index contributed by atoms with van der Waals surface area (Å²) in [5, 5.41) is 34.7. The highest BCUT2D eigenvalue weighted by molar-refractivity contribution is 6.43. The molecule has 146 valence electrons. The predicted octanol–water partition coefficient (Wildman–Crippen LogP) is 0.190. The highest BCUT2D eigenvalue weighted by atomic mass is 16.4. The second kappa shape index (κ2) is 9.03. The number of aliphatic hydroxyl groups is 1. The van der Waals surface area contributed by atoms with Crippen molar-refractivity contribution in [3.8, 4) is 0 Å². The Bertz CT molecular complexity index is 757. The van der Waals surface area contributed by atoms with Gasteiger partial charge in [0.15, 0.2) is 0 Å². The van der Waals surface area contributed by atoms with Gasteiger partial charge < -0.3 is 30.8 Å². The molecule has 9 heteroatoms. The lowest BCUT2D eigenvalue weighted by molar-refractivity contribution is -0.125. The molecule has 1 aromatic heterocycles. The van der Waals surface area contributed by atoms with Gasteiger partial charge in [-0.25, -0.2) is 0 Å². The molecule has 0 aliphatic heterocycles. The second-order valence-electron chi connectivity index (χ2n) is 7.12. The number of hydrogen-bond donors (Lipinski definition) is 6. The van der Waals surface area contributed by atoms with E-state index in [9.17, 15) is 24.7 Å². The van der Waals surface area contributed by atoms with Crippen molar-refractivity contribution >= 4 is 29.8 Å². The second-order valence-corrected chi connectivity index (χ2v) is 7.12. The van der Waals surface area contributed by atoms with Crippen LogP contribution in [-0.2, 0) is 4.79 Å². The number of amides is 2. The topological polar surface area (TPSA) is 135 Å². The van der Waals surface area contributed by atoms with Crippen LogP contribution in [0, 0.1) is 5.92 Å². The van der Waals surface area contributed by atoms with Gasteiger partial charge in [0.1, 0.15) is 11.7 Å². The van der Waals surface area contributed by atoms with Crippen molar-refractivity contribution in [3.63, 3.8) is 0 Å².